The molecule has 1 aliphatic rings. The molecule has 1 aliphatic carbocycles. The molecular formula is C11H17N3O2. The van der Waals surface area contributed by atoms with Crippen molar-refractivity contribution < 1.29 is 9.53 Å². The summed E-state index contributed by atoms with van der Waals surface area (Å²) in [4.78, 5) is 11.5. The molecule has 1 aromatic heterocycles. The molecule has 5 nitrogen and oxygen atoms in total. The van der Waals surface area contributed by atoms with Crippen molar-refractivity contribution in [3.05, 3.63) is 11.4 Å². The molecule has 0 spiro atoms. The molecule has 0 bridgehead atoms. The lowest BCUT2D eigenvalue weighted by Crippen LogP contribution is -2.12. The second-order valence-corrected chi connectivity index (χ2v) is 4.60. The van der Waals surface area contributed by atoms with E-state index in [9.17, 15) is 4.79 Å². The van der Waals surface area contributed by atoms with Gasteiger partial charge in [0.1, 0.15) is 0 Å². The Morgan fingerprint density at radius 2 is 2.25 bits per heavy atom. The molecule has 1 heterocycles. The minimum Gasteiger partial charge on any atom is -0.464 e. The predicted molar refractivity (Wildman–Crippen MR) is 58.2 cm³/mol. The molecule has 0 unspecified atom stereocenters. The van der Waals surface area contributed by atoms with E-state index < -0.39 is 5.97 Å². The van der Waals surface area contributed by atoms with Crippen LogP contribution in [0.25, 0.3) is 0 Å². The molecule has 16 heavy (non-hydrogen) atoms. The number of rotatable bonds is 4. The van der Waals surface area contributed by atoms with Gasteiger partial charge in [0.05, 0.1) is 12.8 Å². The molecule has 0 N–H and O–H groups in total. The summed E-state index contributed by atoms with van der Waals surface area (Å²) in [5.74, 6) is 0.540. The molecule has 2 rings (SSSR count). The Kier molecular flexibility index (Phi) is 2.94. The highest BCUT2D eigenvalue weighted by atomic mass is 16.5. The first-order chi connectivity index (χ1) is 7.63. The lowest BCUT2D eigenvalue weighted by molar-refractivity contribution is 0.0592. The first-order valence-electron chi connectivity index (χ1n) is 5.65. The van der Waals surface area contributed by atoms with E-state index in [-0.39, 0.29) is 5.92 Å². The third-order valence-electron chi connectivity index (χ3n) is 2.83. The Bertz CT molecular complexity index is 394. The number of hydrogen-bond acceptors (Lipinski definition) is 4. The zero-order chi connectivity index (χ0) is 11.7. The van der Waals surface area contributed by atoms with Crippen LogP contribution in [-0.2, 0) is 11.3 Å². The van der Waals surface area contributed by atoms with Crippen molar-refractivity contribution >= 4 is 5.97 Å². The molecule has 0 amide bonds. The van der Waals surface area contributed by atoms with Crippen LogP contribution in [0.5, 0.6) is 0 Å². The van der Waals surface area contributed by atoms with Gasteiger partial charge in [0.2, 0.25) is 0 Å². The van der Waals surface area contributed by atoms with Gasteiger partial charge in [-0.05, 0) is 24.7 Å². The number of methoxy groups -OCH3 is 1. The smallest absolute Gasteiger partial charge is 0.360 e. The molecule has 1 saturated carbocycles. The molecule has 88 valence electrons. The normalized spacial score (nSPS) is 15.5. The van der Waals surface area contributed by atoms with Gasteiger partial charge < -0.3 is 4.74 Å². The highest BCUT2D eigenvalue weighted by molar-refractivity contribution is 5.88. The molecule has 0 saturated heterocycles. The van der Waals surface area contributed by atoms with Crippen LogP contribution in [0.3, 0.4) is 0 Å². The van der Waals surface area contributed by atoms with Crippen LogP contribution in [0, 0.1) is 5.92 Å². The Labute approximate surface area is 94.8 Å². The second kappa shape index (κ2) is 4.23. The van der Waals surface area contributed by atoms with Crippen LogP contribution in [0.4, 0.5) is 0 Å². The average molecular weight is 223 g/mol. The summed E-state index contributed by atoms with van der Waals surface area (Å²) in [5.41, 5.74) is 1.25. The highest BCUT2D eigenvalue weighted by Crippen LogP contribution is 2.31. The maximum Gasteiger partial charge on any atom is 0.360 e. The third kappa shape index (κ3) is 2.08. The number of hydrogen-bond donors (Lipinski definition) is 0. The molecule has 0 aliphatic heterocycles. The number of esters is 1. The number of ether oxygens (including phenoxy) is 1. The van der Waals surface area contributed by atoms with Gasteiger partial charge in [0, 0.05) is 6.54 Å². The number of aromatic nitrogens is 3. The van der Waals surface area contributed by atoms with E-state index in [0.29, 0.717) is 11.6 Å². The number of carbonyl (C=O) groups is 1. The predicted octanol–water partition coefficient (Wildman–Crippen LogP) is 1.60. The van der Waals surface area contributed by atoms with Gasteiger partial charge in [-0.15, -0.1) is 5.10 Å². The van der Waals surface area contributed by atoms with Gasteiger partial charge in [-0.1, -0.05) is 19.1 Å². The molecule has 1 fully saturated rings. The van der Waals surface area contributed by atoms with Gasteiger partial charge >= 0.3 is 5.97 Å². The average Bonchev–Trinajstić information content (AvgIpc) is 2.94. The van der Waals surface area contributed by atoms with Crippen LogP contribution >= 0.6 is 0 Å². The highest BCUT2D eigenvalue weighted by Gasteiger charge is 2.27. The van der Waals surface area contributed by atoms with Gasteiger partial charge in [0.15, 0.2) is 5.69 Å². The summed E-state index contributed by atoms with van der Waals surface area (Å²) >= 11 is 0. The summed E-state index contributed by atoms with van der Waals surface area (Å²) < 4.78 is 6.56. The fourth-order valence-electron chi connectivity index (χ4n) is 1.81. The first-order valence-corrected chi connectivity index (χ1v) is 5.65. The standard InChI is InChI=1S/C11H17N3O2/c1-7(2)10-9(11(15)16-3)12-13-14(10)6-8-4-5-8/h7-8H,4-6H2,1-3H3. The van der Waals surface area contributed by atoms with Crippen molar-refractivity contribution in [2.45, 2.75) is 39.2 Å². The van der Waals surface area contributed by atoms with Crippen molar-refractivity contribution in [2.75, 3.05) is 7.11 Å². The molecular weight excluding hydrogens is 206 g/mol. The van der Waals surface area contributed by atoms with Crippen molar-refractivity contribution in [3.63, 3.8) is 0 Å². The fourth-order valence-corrected chi connectivity index (χ4v) is 1.81. The summed E-state index contributed by atoms with van der Waals surface area (Å²) in [6, 6.07) is 0. The van der Waals surface area contributed by atoms with Gasteiger partial charge in [-0.3, -0.25) is 0 Å². The Hall–Kier alpha value is -1.39. The van der Waals surface area contributed by atoms with E-state index in [4.69, 9.17) is 4.74 Å². The Morgan fingerprint density at radius 3 is 2.75 bits per heavy atom. The monoisotopic (exact) mass is 223 g/mol. The minimum absolute atomic E-state index is 0.225. The first kappa shape index (κ1) is 11.1. The van der Waals surface area contributed by atoms with E-state index in [1.54, 1.807) is 0 Å². The summed E-state index contributed by atoms with van der Waals surface area (Å²) in [7, 11) is 1.37. The zero-order valence-corrected chi connectivity index (χ0v) is 9.93. The van der Waals surface area contributed by atoms with E-state index in [1.165, 1.54) is 20.0 Å². The summed E-state index contributed by atoms with van der Waals surface area (Å²) in [6.45, 7) is 4.95. The van der Waals surface area contributed by atoms with Crippen molar-refractivity contribution in [3.8, 4) is 0 Å². The van der Waals surface area contributed by atoms with Crippen molar-refractivity contribution in [1.29, 1.82) is 0 Å². The second-order valence-electron chi connectivity index (χ2n) is 4.60. The van der Waals surface area contributed by atoms with E-state index >= 15 is 0 Å². The van der Waals surface area contributed by atoms with Crippen molar-refractivity contribution in [1.82, 2.24) is 15.0 Å². The molecule has 1 aromatic rings. The SMILES string of the molecule is COC(=O)c1nnn(CC2CC2)c1C(C)C. The van der Waals surface area contributed by atoms with Crippen molar-refractivity contribution in [2.24, 2.45) is 5.92 Å². The summed E-state index contributed by atoms with van der Waals surface area (Å²) in [6.07, 6.45) is 2.51. The number of carbonyl (C=O) groups excluding carboxylic acids is 1. The molecule has 5 heteroatoms. The quantitative estimate of drug-likeness (QED) is 0.727. The van der Waals surface area contributed by atoms with Crippen LogP contribution < -0.4 is 0 Å². The molecule has 0 atom stereocenters. The van der Waals surface area contributed by atoms with Gasteiger partial charge in [0.25, 0.3) is 0 Å². The number of nitrogens with zero attached hydrogens (tertiary/aromatic N) is 3. The van der Waals surface area contributed by atoms with E-state index in [1.807, 2.05) is 18.5 Å². The van der Waals surface area contributed by atoms with Crippen LogP contribution in [-0.4, -0.2) is 28.1 Å². The maximum absolute atomic E-state index is 11.5. The van der Waals surface area contributed by atoms with E-state index in [0.717, 1.165) is 12.2 Å². The topological polar surface area (TPSA) is 57.0 Å². The summed E-state index contributed by atoms with van der Waals surface area (Å²) in [5, 5.41) is 7.98. The van der Waals surface area contributed by atoms with E-state index in [2.05, 4.69) is 10.3 Å². The Morgan fingerprint density at radius 1 is 1.56 bits per heavy atom. The third-order valence-corrected chi connectivity index (χ3v) is 2.83. The minimum atomic E-state index is -0.397. The fraction of sp³-hybridized carbons (Fsp3) is 0.727. The zero-order valence-electron chi connectivity index (χ0n) is 9.93. The Balaban J connectivity index is 2.30. The molecule has 0 radical (unpaired) electrons. The lowest BCUT2D eigenvalue weighted by Gasteiger charge is -2.09. The van der Waals surface area contributed by atoms with Crippen LogP contribution in [0.2, 0.25) is 0 Å². The van der Waals surface area contributed by atoms with Gasteiger partial charge in [-0.25, -0.2) is 9.48 Å². The molecule has 0 aromatic carbocycles. The van der Waals surface area contributed by atoms with Gasteiger partial charge in [-0.2, -0.15) is 0 Å². The lowest BCUT2D eigenvalue weighted by atomic mass is 10.1. The largest absolute Gasteiger partial charge is 0.464 e. The maximum atomic E-state index is 11.5. The van der Waals surface area contributed by atoms with Crippen LogP contribution in [0.15, 0.2) is 0 Å². The van der Waals surface area contributed by atoms with Crippen LogP contribution in [0.1, 0.15) is 48.8 Å².